The lowest BCUT2D eigenvalue weighted by Gasteiger charge is -2.34. The highest BCUT2D eigenvalue weighted by atomic mass is 16.5. The van der Waals surface area contributed by atoms with Gasteiger partial charge in [0.15, 0.2) is 11.5 Å². The van der Waals surface area contributed by atoms with Crippen LogP contribution in [0.1, 0.15) is 16.8 Å². The summed E-state index contributed by atoms with van der Waals surface area (Å²) in [5, 5.41) is 27.5. The van der Waals surface area contributed by atoms with Crippen molar-refractivity contribution in [3.05, 3.63) is 23.8 Å². The van der Waals surface area contributed by atoms with Crippen LogP contribution in [-0.2, 0) is 9.53 Å². The van der Waals surface area contributed by atoms with Crippen LogP contribution in [0.3, 0.4) is 0 Å². The lowest BCUT2D eigenvalue weighted by atomic mass is 10.1. The Bertz CT molecular complexity index is 530. The van der Waals surface area contributed by atoms with Gasteiger partial charge in [-0.15, -0.1) is 0 Å². The number of phenols is 2. The van der Waals surface area contributed by atoms with E-state index in [9.17, 15) is 19.8 Å². The lowest BCUT2D eigenvalue weighted by Crippen LogP contribution is -2.49. The summed E-state index contributed by atoms with van der Waals surface area (Å²) < 4.78 is 5.20. The first kappa shape index (κ1) is 14.1. The number of amides is 1. The smallest absolute Gasteiger partial charge is 0.305 e. The zero-order valence-corrected chi connectivity index (χ0v) is 10.7. The number of ether oxygens (including phenoxy) is 1. The van der Waals surface area contributed by atoms with Crippen molar-refractivity contribution in [2.24, 2.45) is 0 Å². The van der Waals surface area contributed by atoms with E-state index in [1.165, 1.54) is 17.0 Å². The molecule has 1 aromatic rings. The Morgan fingerprint density at radius 1 is 1.30 bits per heavy atom. The molecule has 1 aromatic carbocycles. The van der Waals surface area contributed by atoms with E-state index in [0.29, 0.717) is 13.2 Å². The molecule has 1 amide bonds. The molecule has 1 aliphatic rings. The van der Waals surface area contributed by atoms with Crippen molar-refractivity contribution in [3.63, 3.8) is 0 Å². The summed E-state index contributed by atoms with van der Waals surface area (Å²) in [5.74, 6) is -2.11. The van der Waals surface area contributed by atoms with E-state index >= 15 is 0 Å². The third-order valence-electron chi connectivity index (χ3n) is 3.12. The Labute approximate surface area is 115 Å². The maximum atomic E-state index is 12.3. The van der Waals surface area contributed by atoms with Gasteiger partial charge in [-0.05, 0) is 18.2 Å². The van der Waals surface area contributed by atoms with Gasteiger partial charge in [0.2, 0.25) is 0 Å². The molecule has 0 saturated carbocycles. The van der Waals surface area contributed by atoms with E-state index < -0.39 is 17.9 Å². The van der Waals surface area contributed by atoms with Gasteiger partial charge in [-0.2, -0.15) is 0 Å². The van der Waals surface area contributed by atoms with Gasteiger partial charge in [-0.25, -0.2) is 0 Å². The van der Waals surface area contributed by atoms with Gasteiger partial charge in [0.1, 0.15) is 0 Å². The Morgan fingerprint density at radius 3 is 2.70 bits per heavy atom. The number of phenolic OH excluding ortho intramolecular Hbond substituents is 2. The molecular weight excluding hydrogens is 266 g/mol. The lowest BCUT2D eigenvalue weighted by molar-refractivity contribution is -0.139. The molecule has 0 radical (unpaired) electrons. The van der Waals surface area contributed by atoms with Gasteiger partial charge in [-0.3, -0.25) is 9.59 Å². The van der Waals surface area contributed by atoms with Crippen LogP contribution in [0.15, 0.2) is 18.2 Å². The van der Waals surface area contributed by atoms with E-state index in [0.717, 1.165) is 6.07 Å². The van der Waals surface area contributed by atoms with Gasteiger partial charge < -0.3 is 25.0 Å². The van der Waals surface area contributed by atoms with E-state index in [2.05, 4.69) is 0 Å². The normalized spacial score (nSPS) is 18.8. The average molecular weight is 281 g/mol. The fourth-order valence-electron chi connectivity index (χ4n) is 2.12. The Morgan fingerprint density at radius 2 is 2.05 bits per heavy atom. The molecular formula is C13H15NO6. The molecule has 1 fully saturated rings. The highest BCUT2D eigenvalue weighted by molar-refractivity contribution is 5.95. The zero-order chi connectivity index (χ0) is 14.7. The number of aromatic hydroxyl groups is 2. The summed E-state index contributed by atoms with van der Waals surface area (Å²) in [6, 6.07) is 3.22. The van der Waals surface area contributed by atoms with Gasteiger partial charge in [0.25, 0.3) is 5.91 Å². The molecule has 0 bridgehead atoms. The second kappa shape index (κ2) is 5.79. The largest absolute Gasteiger partial charge is 0.504 e. The van der Waals surface area contributed by atoms with Crippen LogP contribution in [0.4, 0.5) is 0 Å². The molecule has 1 atom stereocenters. The summed E-state index contributed by atoms with van der Waals surface area (Å²) in [4.78, 5) is 24.6. The van der Waals surface area contributed by atoms with Crippen molar-refractivity contribution in [3.8, 4) is 11.5 Å². The molecule has 0 aliphatic carbocycles. The molecule has 2 rings (SSSR count). The second-order valence-electron chi connectivity index (χ2n) is 4.53. The first-order valence-corrected chi connectivity index (χ1v) is 6.11. The number of benzene rings is 1. The maximum Gasteiger partial charge on any atom is 0.305 e. The van der Waals surface area contributed by atoms with E-state index in [1.807, 2.05) is 0 Å². The number of hydrogen-bond donors (Lipinski definition) is 3. The first-order chi connectivity index (χ1) is 9.49. The molecule has 0 spiro atoms. The third-order valence-corrected chi connectivity index (χ3v) is 3.12. The van der Waals surface area contributed by atoms with E-state index in [-0.39, 0.29) is 30.1 Å². The van der Waals surface area contributed by atoms with Crippen LogP contribution in [0.5, 0.6) is 11.5 Å². The molecule has 20 heavy (non-hydrogen) atoms. The summed E-state index contributed by atoms with van der Waals surface area (Å²) in [6.07, 6.45) is -0.199. The van der Waals surface area contributed by atoms with Crippen LogP contribution in [0.2, 0.25) is 0 Å². The minimum atomic E-state index is -1.01. The summed E-state index contributed by atoms with van der Waals surface area (Å²) in [5.41, 5.74) is 0.192. The number of aliphatic carboxylic acids is 1. The molecule has 0 aromatic heterocycles. The fourth-order valence-corrected chi connectivity index (χ4v) is 2.12. The predicted molar refractivity (Wildman–Crippen MR) is 67.7 cm³/mol. The summed E-state index contributed by atoms with van der Waals surface area (Å²) in [7, 11) is 0. The highest BCUT2D eigenvalue weighted by Crippen LogP contribution is 2.26. The van der Waals surface area contributed by atoms with E-state index in [4.69, 9.17) is 9.84 Å². The Kier molecular flexibility index (Phi) is 4.09. The van der Waals surface area contributed by atoms with Crippen molar-refractivity contribution in [2.75, 3.05) is 19.8 Å². The molecule has 1 aliphatic heterocycles. The minimum absolute atomic E-state index is 0.169. The van der Waals surface area contributed by atoms with Gasteiger partial charge in [-0.1, -0.05) is 0 Å². The molecule has 7 nitrogen and oxygen atoms in total. The topological polar surface area (TPSA) is 107 Å². The first-order valence-electron chi connectivity index (χ1n) is 6.11. The number of nitrogens with zero attached hydrogens (tertiary/aromatic N) is 1. The number of morpholine rings is 1. The number of hydrogen-bond acceptors (Lipinski definition) is 5. The van der Waals surface area contributed by atoms with Gasteiger partial charge in [0, 0.05) is 12.1 Å². The summed E-state index contributed by atoms with van der Waals surface area (Å²) in [6.45, 7) is 0.798. The number of rotatable bonds is 3. The van der Waals surface area contributed by atoms with Crippen LogP contribution in [0, 0.1) is 0 Å². The zero-order valence-electron chi connectivity index (χ0n) is 10.7. The van der Waals surface area contributed by atoms with Crippen molar-refractivity contribution < 1.29 is 29.6 Å². The number of carbonyl (C=O) groups excluding carboxylic acids is 1. The quantitative estimate of drug-likeness (QED) is 0.693. The predicted octanol–water partition coefficient (Wildman–Crippen LogP) is 0.413. The molecule has 1 saturated heterocycles. The molecule has 1 unspecified atom stereocenters. The fraction of sp³-hybridized carbons (Fsp3) is 0.385. The van der Waals surface area contributed by atoms with Crippen molar-refractivity contribution in [2.45, 2.75) is 12.5 Å². The van der Waals surface area contributed by atoms with Crippen molar-refractivity contribution >= 4 is 11.9 Å². The van der Waals surface area contributed by atoms with Crippen LogP contribution < -0.4 is 0 Å². The monoisotopic (exact) mass is 281 g/mol. The number of carbonyl (C=O) groups is 2. The van der Waals surface area contributed by atoms with Gasteiger partial charge >= 0.3 is 5.97 Å². The van der Waals surface area contributed by atoms with E-state index in [1.54, 1.807) is 0 Å². The Hall–Kier alpha value is -2.28. The van der Waals surface area contributed by atoms with Crippen molar-refractivity contribution in [1.82, 2.24) is 4.90 Å². The maximum absolute atomic E-state index is 12.3. The summed E-state index contributed by atoms with van der Waals surface area (Å²) >= 11 is 0. The molecule has 3 N–H and O–H groups in total. The van der Waals surface area contributed by atoms with Crippen LogP contribution >= 0.6 is 0 Å². The minimum Gasteiger partial charge on any atom is -0.504 e. The highest BCUT2D eigenvalue weighted by Gasteiger charge is 2.30. The molecule has 7 heteroatoms. The molecule has 1 heterocycles. The average Bonchev–Trinajstić information content (AvgIpc) is 2.41. The standard InChI is InChI=1S/C13H15NO6/c15-10-2-1-8(5-11(10)16)13(19)14-3-4-20-7-9(14)6-12(17)18/h1-2,5,9,15-16H,3-4,6-7H2,(H,17,18). The number of carboxylic acids is 1. The van der Waals surface area contributed by atoms with Crippen LogP contribution in [0.25, 0.3) is 0 Å². The Balaban J connectivity index is 2.20. The molecule has 108 valence electrons. The number of carboxylic acid groups (broad SMARTS) is 1. The SMILES string of the molecule is O=C(O)CC1COCCN1C(=O)c1ccc(O)c(O)c1. The van der Waals surface area contributed by atoms with Crippen LogP contribution in [-0.4, -0.2) is 57.9 Å². The van der Waals surface area contributed by atoms with Crippen molar-refractivity contribution in [1.29, 1.82) is 0 Å². The van der Waals surface area contributed by atoms with Gasteiger partial charge in [0.05, 0.1) is 25.7 Å². The third kappa shape index (κ3) is 3.00. The second-order valence-corrected chi connectivity index (χ2v) is 4.53.